The molecule has 0 aromatic heterocycles. The molecule has 0 aromatic rings. The van der Waals surface area contributed by atoms with Gasteiger partial charge in [-0.15, -0.1) is 0 Å². The van der Waals surface area contributed by atoms with Gasteiger partial charge in [-0.1, -0.05) is 76.7 Å². The van der Waals surface area contributed by atoms with Crippen LogP contribution in [-0.4, -0.2) is 0 Å². The standard InChI is InChI=1S/C16H30/c1-4-7-10-12-15-16(13-9-6-3)14-11-8-5-2/h12,14-15H,4-11,13H2,1-3H3/b15-12+,16-14+. The number of hydrogen-bond acceptors (Lipinski definition) is 0. The second kappa shape index (κ2) is 12.5. The van der Waals surface area contributed by atoms with Crippen LogP contribution < -0.4 is 0 Å². The van der Waals surface area contributed by atoms with Crippen LogP contribution in [0.1, 0.15) is 78.6 Å². The van der Waals surface area contributed by atoms with E-state index in [0.717, 1.165) is 0 Å². The average molecular weight is 222 g/mol. The largest absolute Gasteiger partial charge is 0.0843 e. The van der Waals surface area contributed by atoms with Crippen LogP contribution in [-0.2, 0) is 0 Å². The first-order valence-corrected chi connectivity index (χ1v) is 7.20. The van der Waals surface area contributed by atoms with Gasteiger partial charge in [0.1, 0.15) is 0 Å². The number of rotatable bonds is 10. The van der Waals surface area contributed by atoms with Crippen molar-refractivity contribution in [1.29, 1.82) is 0 Å². The van der Waals surface area contributed by atoms with Crippen LogP contribution in [0.15, 0.2) is 23.8 Å². The van der Waals surface area contributed by atoms with Gasteiger partial charge < -0.3 is 0 Å². The first-order valence-electron chi connectivity index (χ1n) is 7.20. The van der Waals surface area contributed by atoms with E-state index in [2.05, 4.69) is 39.0 Å². The lowest BCUT2D eigenvalue weighted by Crippen LogP contribution is -1.81. The molecule has 0 aliphatic rings. The monoisotopic (exact) mass is 222 g/mol. The zero-order valence-electron chi connectivity index (χ0n) is 11.6. The van der Waals surface area contributed by atoms with Crippen molar-refractivity contribution in [2.45, 2.75) is 78.6 Å². The normalized spacial score (nSPS) is 12.6. The van der Waals surface area contributed by atoms with E-state index in [-0.39, 0.29) is 0 Å². The Hall–Kier alpha value is -0.520. The molecule has 0 fully saturated rings. The van der Waals surface area contributed by atoms with Gasteiger partial charge in [0.05, 0.1) is 0 Å². The van der Waals surface area contributed by atoms with Gasteiger partial charge in [-0.25, -0.2) is 0 Å². The highest BCUT2D eigenvalue weighted by atomic mass is 14.0. The van der Waals surface area contributed by atoms with E-state index in [0.29, 0.717) is 0 Å². The quantitative estimate of drug-likeness (QED) is 0.312. The Morgan fingerprint density at radius 1 is 0.812 bits per heavy atom. The third-order valence-corrected chi connectivity index (χ3v) is 2.84. The van der Waals surface area contributed by atoms with Gasteiger partial charge in [-0.2, -0.15) is 0 Å². The molecular formula is C16H30. The van der Waals surface area contributed by atoms with E-state index in [1.165, 1.54) is 57.8 Å². The van der Waals surface area contributed by atoms with Crippen LogP contribution >= 0.6 is 0 Å². The molecule has 0 unspecified atom stereocenters. The van der Waals surface area contributed by atoms with Crippen molar-refractivity contribution in [2.75, 3.05) is 0 Å². The zero-order valence-corrected chi connectivity index (χ0v) is 11.6. The molecule has 16 heavy (non-hydrogen) atoms. The summed E-state index contributed by atoms with van der Waals surface area (Å²) in [6, 6.07) is 0. The van der Waals surface area contributed by atoms with Crippen LogP contribution in [0.3, 0.4) is 0 Å². The SMILES string of the molecule is CCCC/C=C/C(=C/CCCC)CCCC. The number of hydrogen-bond donors (Lipinski definition) is 0. The molecule has 0 bridgehead atoms. The Bertz CT molecular complexity index is 186. The maximum Gasteiger partial charge on any atom is -0.0282 e. The van der Waals surface area contributed by atoms with Gasteiger partial charge in [0.15, 0.2) is 0 Å². The zero-order chi connectivity index (χ0) is 12.1. The average Bonchev–Trinajstić information content (AvgIpc) is 2.31. The van der Waals surface area contributed by atoms with Crippen LogP contribution in [0.2, 0.25) is 0 Å². The minimum atomic E-state index is 1.24. The summed E-state index contributed by atoms with van der Waals surface area (Å²) in [5.74, 6) is 0. The van der Waals surface area contributed by atoms with Gasteiger partial charge in [0, 0.05) is 0 Å². The molecule has 0 saturated heterocycles. The highest BCUT2D eigenvalue weighted by Gasteiger charge is 1.92. The molecule has 0 amide bonds. The molecule has 0 heteroatoms. The summed E-state index contributed by atoms with van der Waals surface area (Å²) in [5, 5.41) is 0. The highest BCUT2D eigenvalue weighted by Crippen LogP contribution is 2.12. The Morgan fingerprint density at radius 3 is 2.06 bits per heavy atom. The van der Waals surface area contributed by atoms with Crippen molar-refractivity contribution in [1.82, 2.24) is 0 Å². The molecule has 0 aliphatic heterocycles. The summed E-state index contributed by atoms with van der Waals surface area (Å²) in [5.41, 5.74) is 1.56. The van der Waals surface area contributed by atoms with Crippen LogP contribution in [0.25, 0.3) is 0 Å². The second-order valence-corrected chi connectivity index (χ2v) is 4.57. The van der Waals surface area contributed by atoms with E-state index < -0.39 is 0 Å². The van der Waals surface area contributed by atoms with Crippen molar-refractivity contribution in [2.24, 2.45) is 0 Å². The molecule has 94 valence electrons. The summed E-state index contributed by atoms with van der Waals surface area (Å²) in [6.07, 6.45) is 18.8. The molecule has 0 nitrogen and oxygen atoms in total. The smallest absolute Gasteiger partial charge is 0.0282 e. The molecule has 0 spiro atoms. The van der Waals surface area contributed by atoms with Crippen molar-refractivity contribution in [3.8, 4) is 0 Å². The molecule has 0 N–H and O–H groups in total. The fraction of sp³-hybridized carbons (Fsp3) is 0.750. The van der Waals surface area contributed by atoms with Gasteiger partial charge >= 0.3 is 0 Å². The lowest BCUT2D eigenvalue weighted by molar-refractivity contribution is 0.775. The second-order valence-electron chi connectivity index (χ2n) is 4.57. The Labute approximate surface area is 103 Å². The van der Waals surface area contributed by atoms with Gasteiger partial charge in [-0.3, -0.25) is 0 Å². The topological polar surface area (TPSA) is 0 Å². The van der Waals surface area contributed by atoms with Gasteiger partial charge in [0.2, 0.25) is 0 Å². The van der Waals surface area contributed by atoms with E-state index in [1.54, 1.807) is 5.57 Å². The fourth-order valence-corrected chi connectivity index (χ4v) is 1.68. The minimum Gasteiger partial charge on any atom is -0.0843 e. The number of allylic oxidation sites excluding steroid dienone is 4. The molecule has 0 atom stereocenters. The maximum atomic E-state index is 2.45. The van der Waals surface area contributed by atoms with Crippen molar-refractivity contribution in [3.05, 3.63) is 23.8 Å². The summed E-state index contributed by atoms with van der Waals surface area (Å²) >= 11 is 0. The molecule has 0 heterocycles. The summed E-state index contributed by atoms with van der Waals surface area (Å²) < 4.78 is 0. The first-order chi connectivity index (χ1) is 7.85. The Balaban J connectivity index is 3.97. The van der Waals surface area contributed by atoms with Crippen LogP contribution in [0, 0.1) is 0 Å². The van der Waals surface area contributed by atoms with E-state index in [1.807, 2.05) is 0 Å². The van der Waals surface area contributed by atoms with E-state index in [9.17, 15) is 0 Å². The Morgan fingerprint density at radius 2 is 1.44 bits per heavy atom. The lowest BCUT2D eigenvalue weighted by Gasteiger charge is -2.01. The summed E-state index contributed by atoms with van der Waals surface area (Å²) in [6.45, 7) is 6.78. The third kappa shape index (κ3) is 10.0. The van der Waals surface area contributed by atoms with Gasteiger partial charge in [-0.05, 0) is 25.7 Å². The predicted octanol–water partition coefficient (Wildman–Crippen LogP) is 6.04. The molecule has 0 aliphatic carbocycles. The first kappa shape index (κ1) is 15.5. The van der Waals surface area contributed by atoms with E-state index in [4.69, 9.17) is 0 Å². The van der Waals surface area contributed by atoms with Crippen LogP contribution in [0.4, 0.5) is 0 Å². The highest BCUT2D eigenvalue weighted by molar-refractivity contribution is 5.18. The summed E-state index contributed by atoms with van der Waals surface area (Å²) in [7, 11) is 0. The molecule has 0 aromatic carbocycles. The predicted molar refractivity (Wildman–Crippen MR) is 75.8 cm³/mol. The summed E-state index contributed by atoms with van der Waals surface area (Å²) in [4.78, 5) is 0. The lowest BCUT2D eigenvalue weighted by atomic mass is 10.1. The van der Waals surface area contributed by atoms with Crippen molar-refractivity contribution in [3.63, 3.8) is 0 Å². The van der Waals surface area contributed by atoms with E-state index >= 15 is 0 Å². The Kier molecular flexibility index (Phi) is 12.1. The van der Waals surface area contributed by atoms with Crippen molar-refractivity contribution < 1.29 is 0 Å². The minimum absolute atomic E-state index is 1.24. The molecule has 0 rings (SSSR count). The third-order valence-electron chi connectivity index (χ3n) is 2.84. The molecular weight excluding hydrogens is 192 g/mol. The van der Waals surface area contributed by atoms with Crippen LogP contribution in [0.5, 0.6) is 0 Å². The van der Waals surface area contributed by atoms with Crippen molar-refractivity contribution >= 4 is 0 Å². The number of unbranched alkanes of at least 4 members (excludes halogenated alkanes) is 5. The van der Waals surface area contributed by atoms with Gasteiger partial charge in [0.25, 0.3) is 0 Å². The molecule has 0 saturated carbocycles. The fourth-order valence-electron chi connectivity index (χ4n) is 1.68. The molecule has 0 radical (unpaired) electrons. The maximum absolute atomic E-state index is 2.45.